The molecule has 2 heterocycles. The number of carbonyl (C=O) groups is 2. The van der Waals surface area contributed by atoms with Crippen LogP contribution in [0.15, 0.2) is 127 Å². The molecule has 2 aliphatic rings. The summed E-state index contributed by atoms with van der Waals surface area (Å²) in [6, 6.07) is 41.4. The summed E-state index contributed by atoms with van der Waals surface area (Å²) >= 11 is 0. The van der Waals surface area contributed by atoms with Gasteiger partial charge in [-0.3, -0.25) is 14.5 Å². The molecule has 0 bridgehead atoms. The van der Waals surface area contributed by atoms with E-state index >= 15 is 4.79 Å². The molecule has 1 atom stereocenters. The van der Waals surface area contributed by atoms with E-state index in [0.29, 0.717) is 17.9 Å². The topological polar surface area (TPSA) is 65.1 Å². The zero-order valence-electron chi connectivity index (χ0n) is 28.2. The number of anilines is 1. The van der Waals surface area contributed by atoms with Crippen molar-refractivity contribution in [1.29, 1.82) is 0 Å². The van der Waals surface area contributed by atoms with Crippen molar-refractivity contribution in [2.45, 2.75) is 57.1 Å². The summed E-state index contributed by atoms with van der Waals surface area (Å²) in [6.07, 6.45) is 0.626. The second-order valence-corrected chi connectivity index (χ2v) is 13.4. The fourth-order valence-electron chi connectivity index (χ4n) is 7.40. The van der Waals surface area contributed by atoms with Crippen LogP contribution in [0.5, 0.6) is 11.5 Å². The highest BCUT2D eigenvalue weighted by Gasteiger charge is 2.57. The minimum Gasteiger partial charge on any atom is -0.493 e. The summed E-state index contributed by atoms with van der Waals surface area (Å²) in [6.45, 7) is 7.23. The van der Waals surface area contributed by atoms with Crippen molar-refractivity contribution < 1.29 is 23.8 Å². The third kappa shape index (κ3) is 5.86. The smallest absolute Gasteiger partial charge is 0.307 e. The van der Waals surface area contributed by atoms with Crippen LogP contribution in [0.25, 0.3) is 0 Å². The van der Waals surface area contributed by atoms with Crippen molar-refractivity contribution in [2.24, 2.45) is 0 Å². The molecule has 1 amide bonds. The van der Waals surface area contributed by atoms with Crippen LogP contribution in [0.1, 0.15) is 73.0 Å². The Hall–Kier alpha value is -5.36. The second kappa shape index (κ2) is 13.3. The molecule has 7 rings (SSSR count). The highest BCUT2D eigenvalue weighted by Crippen LogP contribution is 2.56. The van der Waals surface area contributed by atoms with Crippen LogP contribution in [0.3, 0.4) is 0 Å². The highest BCUT2D eigenvalue weighted by molar-refractivity contribution is 6.13. The molecule has 0 saturated heterocycles. The third-order valence-corrected chi connectivity index (χ3v) is 9.90. The maximum Gasteiger partial charge on any atom is 0.307 e. The van der Waals surface area contributed by atoms with E-state index in [9.17, 15) is 4.79 Å². The Morgan fingerprint density at radius 3 is 2.06 bits per heavy atom. The average molecular weight is 652 g/mol. The van der Waals surface area contributed by atoms with Crippen molar-refractivity contribution in [1.82, 2.24) is 0 Å². The SMILES string of the molecule is CCOC(=O)CC1(c2cc3c(cc2OCc2ccccc2)OCCC3(C)C)C(=O)N(C(c2ccccc2)c2ccccc2)c2ccccc21. The van der Waals surface area contributed by atoms with Crippen LogP contribution < -0.4 is 14.4 Å². The minimum absolute atomic E-state index is 0.189. The van der Waals surface area contributed by atoms with Gasteiger partial charge in [-0.2, -0.15) is 0 Å². The zero-order chi connectivity index (χ0) is 34.0. The molecule has 0 aliphatic carbocycles. The van der Waals surface area contributed by atoms with Crippen molar-refractivity contribution >= 4 is 17.6 Å². The Kier molecular flexibility index (Phi) is 8.72. The van der Waals surface area contributed by atoms with Crippen molar-refractivity contribution in [3.8, 4) is 11.5 Å². The molecule has 0 aromatic heterocycles. The first-order valence-electron chi connectivity index (χ1n) is 17.0. The molecule has 0 radical (unpaired) electrons. The standard InChI is InChI=1S/C43H41NO5/c1-4-47-39(45)28-43(35-26-34-37(48-25-24-42(34,2)3)27-38(35)49-29-30-16-8-5-9-17-30)33-22-14-15-23-36(33)44(41(43)46)40(31-18-10-6-11-19-31)32-20-12-7-13-21-32/h5-23,26-27,40H,4,24-25,28-29H2,1-3H3. The lowest BCUT2D eigenvalue weighted by atomic mass is 9.69. The molecule has 5 aromatic rings. The predicted octanol–water partition coefficient (Wildman–Crippen LogP) is 8.70. The molecule has 49 heavy (non-hydrogen) atoms. The number of ether oxygens (including phenoxy) is 3. The molecule has 0 saturated carbocycles. The highest BCUT2D eigenvalue weighted by atomic mass is 16.5. The number of amides is 1. The fraction of sp³-hybridized carbons (Fsp3) is 0.256. The molecule has 1 unspecified atom stereocenters. The Morgan fingerprint density at radius 1 is 0.796 bits per heavy atom. The number of hydrogen-bond donors (Lipinski definition) is 0. The van der Waals surface area contributed by atoms with E-state index in [1.165, 1.54) is 0 Å². The van der Waals surface area contributed by atoms with E-state index in [-0.39, 0.29) is 31.0 Å². The van der Waals surface area contributed by atoms with Crippen molar-refractivity contribution in [3.05, 3.63) is 161 Å². The molecular formula is C43H41NO5. The summed E-state index contributed by atoms with van der Waals surface area (Å²) in [5.41, 5.74) is 4.33. The van der Waals surface area contributed by atoms with E-state index in [1.54, 1.807) is 6.92 Å². The van der Waals surface area contributed by atoms with E-state index in [1.807, 2.05) is 126 Å². The van der Waals surface area contributed by atoms with E-state index in [4.69, 9.17) is 14.2 Å². The van der Waals surface area contributed by atoms with Gasteiger partial charge in [0.25, 0.3) is 0 Å². The van der Waals surface area contributed by atoms with Gasteiger partial charge in [0.05, 0.1) is 25.7 Å². The van der Waals surface area contributed by atoms with Gasteiger partial charge in [-0.15, -0.1) is 0 Å². The van der Waals surface area contributed by atoms with Gasteiger partial charge in [0.2, 0.25) is 5.91 Å². The Balaban J connectivity index is 1.49. The van der Waals surface area contributed by atoms with Crippen LogP contribution in [-0.2, 0) is 31.8 Å². The summed E-state index contributed by atoms with van der Waals surface area (Å²) < 4.78 is 18.5. The van der Waals surface area contributed by atoms with E-state index < -0.39 is 17.4 Å². The van der Waals surface area contributed by atoms with Gasteiger partial charge in [0, 0.05) is 22.9 Å². The number of para-hydroxylation sites is 1. The fourth-order valence-corrected chi connectivity index (χ4v) is 7.40. The van der Waals surface area contributed by atoms with Gasteiger partial charge in [-0.1, -0.05) is 123 Å². The molecule has 0 fully saturated rings. The third-order valence-electron chi connectivity index (χ3n) is 9.90. The lowest BCUT2D eigenvalue weighted by molar-refractivity contribution is -0.146. The van der Waals surface area contributed by atoms with Crippen molar-refractivity contribution in [3.63, 3.8) is 0 Å². The van der Waals surface area contributed by atoms with Gasteiger partial charge in [-0.25, -0.2) is 0 Å². The molecule has 6 heteroatoms. The van der Waals surface area contributed by atoms with Crippen molar-refractivity contribution in [2.75, 3.05) is 18.1 Å². The molecule has 5 aromatic carbocycles. The lowest BCUT2D eigenvalue weighted by Crippen LogP contribution is -2.45. The number of fused-ring (bicyclic) bond motifs is 2. The van der Waals surface area contributed by atoms with E-state index in [0.717, 1.165) is 45.7 Å². The van der Waals surface area contributed by atoms with Gasteiger partial charge in [-0.05, 0) is 53.1 Å². The summed E-state index contributed by atoms with van der Waals surface area (Å²) in [5.74, 6) is 0.575. The van der Waals surface area contributed by atoms with Crippen LogP contribution in [-0.4, -0.2) is 25.1 Å². The molecule has 0 spiro atoms. The number of nitrogens with zero attached hydrogens (tertiary/aromatic N) is 1. The first-order valence-corrected chi connectivity index (χ1v) is 17.0. The van der Waals surface area contributed by atoms with Crippen LogP contribution in [0.4, 0.5) is 5.69 Å². The molecule has 6 nitrogen and oxygen atoms in total. The average Bonchev–Trinajstić information content (AvgIpc) is 3.36. The van der Waals surface area contributed by atoms with Gasteiger partial charge >= 0.3 is 5.97 Å². The van der Waals surface area contributed by atoms with E-state index in [2.05, 4.69) is 19.9 Å². The monoisotopic (exact) mass is 651 g/mol. The quantitative estimate of drug-likeness (QED) is 0.141. The van der Waals surface area contributed by atoms with Crippen LogP contribution >= 0.6 is 0 Å². The molecule has 0 N–H and O–H groups in total. The lowest BCUT2D eigenvalue weighted by Gasteiger charge is -2.37. The summed E-state index contributed by atoms with van der Waals surface area (Å²) in [4.78, 5) is 31.5. The maximum absolute atomic E-state index is 15.8. The molecule has 2 aliphatic heterocycles. The minimum atomic E-state index is -1.45. The van der Waals surface area contributed by atoms with Gasteiger partial charge in [0.15, 0.2) is 0 Å². The Bertz CT molecular complexity index is 1920. The number of carbonyl (C=O) groups excluding carboxylic acids is 2. The Morgan fingerprint density at radius 2 is 1.41 bits per heavy atom. The maximum atomic E-state index is 15.8. The first kappa shape index (κ1) is 32.2. The largest absolute Gasteiger partial charge is 0.493 e. The predicted molar refractivity (Wildman–Crippen MR) is 191 cm³/mol. The van der Waals surface area contributed by atoms with Gasteiger partial charge in [0.1, 0.15) is 23.5 Å². The summed E-state index contributed by atoms with van der Waals surface area (Å²) in [5, 5.41) is 0. The van der Waals surface area contributed by atoms with Crippen LogP contribution in [0.2, 0.25) is 0 Å². The number of esters is 1. The molecular weight excluding hydrogens is 610 g/mol. The summed E-state index contributed by atoms with van der Waals surface area (Å²) in [7, 11) is 0. The number of rotatable bonds is 10. The zero-order valence-corrected chi connectivity index (χ0v) is 28.2. The molecule has 248 valence electrons. The second-order valence-electron chi connectivity index (χ2n) is 13.4. The number of hydrogen-bond acceptors (Lipinski definition) is 5. The number of benzene rings is 5. The van der Waals surface area contributed by atoms with Gasteiger partial charge < -0.3 is 14.2 Å². The van der Waals surface area contributed by atoms with Crippen LogP contribution in [0, 0.1) is 0 Å². The normalized spacial score (nSPS) is 17.6. The first-order chi connectivity index (χ1) is 23.8. The Labute approximate surface area is 288 Å².